The molecule has 5 heterocycles. The highest BCUT2D eigenvalue weighted by Gasteiger charge is 2.29. The topological polar surface area (TPSA) is 102 Å². The number of nitrogens with zero attached hydrogens (tertiary/aromatic N) is 4. The van der Waals surface area contributed by atoms with Gasteiger partial charge < -0.3 is 25.0 Å². The van der Waals surface area contributed by atoms with Gasteiger partial charge in [-0.05, 0) is 80.8 Å². The maximum absolute atomic E-state index is 13.2. The summed E-state index contributed by atoms with van der Waals surface area (Å²) < 4.78 is 11.4. The Morgan fingerprint density at radius 3 is 2.55 bits per heavy atom. The number of hydrogen-bond donors (Lipinski definition) is 2. The van der Waals surface area contributed by atoms with Crippen molar-refractivity contribution >= 4 is 17.7 Å². The van der Waals surface area contributed by atoms with Crippen molar-refractivity contribution in [2.24, 2.45) is 0 Å². The van der Waals surface area contributed by atoms with Crippen molar-refractivity contribution in [1.29, 1.82) is 0 Å². The highest BCUT2D eigenvalue weighted by molar-refractivity contribution is 5.95. The Balaban J connectivity index is 1.11. The molecule has 0 bridgehead atoms. The molecule has 3 aliphatic heterocycles. The molecule has 0 radical (unpaired) electrons. The number of carbonyl (C=O) groups is 1. The molecule has 9 nitrogen and oxygen atoms in total. The van der Waals surface area contributed by atoms with E-state index in [1.807, 2.05) is 38.1 Å². The van der Waals surface area contributed by atoms with E-state index in [1.54, 1.807) is 12.4 Å². The lowest BCUT2D eigenvalue weighted by Crippen LogP contribution is -2.41. The standard InChI is InChI=1S/C31H38N6O3/c1-31(2,24-6-13-32-14-7-24)36-29(38)23-5-3-4-22(20-23)21-8-15-37(16-9-21)30-34-26-12-19-40-27(26)28(35-30)33-25-10-17-39-18-11-25/h3-7,13-14,20-21,25H,8-12,15-19H2,1-2H3,(H,36,38)(H,33,34,35). The normalized spacial score (nSPS) is 18.2. The zero-order chi connectivity index (χ0) is 27.5. The summed E-state index contributed by atoms with van der Waals surface area (Å²) in [5.41, 5.74) is 3.41. The molecule has 40 heavy (non-hydrogen) atoms. The highest BCUT2D eigenvalue weighted by Crippen LogP contribution is 2.36. The van der Waals surface area contributed by atoms with Gasteiger partial charge in [-0.2, -0.15) is 4.98 Å². The molecule has 2 N–H and O–H groups in total. The summed E-state index contributed by atoms with van der Waals surface area (Å²) >= 11 is 0. The van der Waals surface area contributed by atoms with Crippen LogP contribution in [0, 0.1) is 0 Å². The van der Waals surface area contributed by atoms with Crippen LogP contribution >= 0.6 is 0 Å². The van der Waals surface area contributed by atoms with Gasteiger partial charge in [0.25, 0.3) is 5.91 Å². The van der Waals surface area contributed by atoms with Crippen LogP contribution in [-0.4, -0.2) is 59.8 Å². The number of nitrogens with one attached hydrogen (secondary N) is 2. The fourth-order valence-electron chi connectivity index (χ4n) is 5.87. The summed E-state index contributed by atoms with van der Waals surface area (Å²) in [6.07, 6.45) is 8.22. The molecule has 0 atom stereocenters. The third kappa shape index (κ3) is 5.75. The Kier molecular flexibility index (Phi) is 7.56. The van der Waals surface area contributed by atoms with Crippen LogP contribution in [-0.2, 0) is 16.7 Å². The van der Waals surface area contributed by atoms with E-state index in [2.05, 4.69) is 32.7 Å². The van der Waals surface area contributed by atoms with E-state index in [1.165, 1.54) is 5.56 Å². The number of pyridine rings is 1. The van der Waals surface area contributed by atoms with Crippen molar-refractivity contribution in [3.8, 4) is 5.75 Å². The number of aromatic nitrogens is 3. The van der Waals surface area contributed by atoms with Gasteiger partial charge in [0.2, 0.25) is 5.95 Å². The van der Waals surface area contributed by atoms with E-state index in [-0.39, 0.29) is 5.91 Å². The van der Waals surface area contributed by atoms with Gasteiger partial charge in [-0.3, -0.25) is 9.78 Å². The van der Waals surface area contributed by atoms with Crippen LogP contribution in [0.5, 0.6) is 5.75 Å². The van der Waals surface area contributed by atoms with Crippen molar-refractivity contribution in [3.63, 3.8) is 0 Å². The second kappa shape index (κ2) is 11.4. The van der Waals surface area contributed by atoms with Gasteiger partial charge in [0, 0.05) is 56.7 Å². The lowest BCUT2D eigenvalue weighted by Gasteiger charge is -2.33. The van der Waals surface area contributed by atoms with Crippen LogP contribution in [0.25, 0.3) is 0 Å². The minimum atomic E-state index is -0.499. The lowest BCUT2D eigenvalue weighted by atomic mass is 9.88. The van der Waals surface area contributed by atoms with Gasteiger partial charge in [0.05, 0.1) is 17.8 Å². The summed E-state index contributed by atoms with van der Waals surface area (Å²) in [6.45, 7) is 7.96. The Labute approximate surface area is 235 Å². The minimum Gasteiger partial charge on any atom is -0.487 e. The van der Waals surface area contributed by atoms with Gasteiger partial charge in [-0.1, -0.05) is 12.1 Å². The molecule has 210 valence electrons. The number of amides is 1. The average Bonchev–Trinajstić information content (AvgIpc) is 3.47. The maximum Gasteiger partial charge on any atom is 0.251 e. The fourth-order valence-corrected chi connectivity index (χ4v) is 5.87. The van der Waals surface area contributed by atoms with E-state index in [4.69, 9.17) is 19.4 Å². The van der Waals surface area contributed by atoms with Gasteiger partial charge in [-0.25, -0.2) is 4.98 Å². The molecule has 9 heteroatoms. The van der Waals surface area contributed by atoms with Crippen molar-refractivity contribution < 1.29 is 14.3 Å². The molecular formula is C31H38N6O3. The van der Waals surface area contributed by atoms with Crippen molar-refractivity contribution in [2.75, 3.05) is 43.1 Å². The molecule has 2 saturated heterocycles. The van der Waals surface area contributed by atoms with Crippen LogP contribution in [0.4, 0.5) is 11.8 Å². The van der Waals surface area contributed by atoms with Crippen LogP contribution in [0.2, 0.25) is 0 Å². The summed E-state index contributed by atoms with van der Waals surface area (Å²) in [5, 5.41) is 6.80. The Morgan fingerprint density at radius 1 is 1.00 bits per heavy atom. The lowest BCUT2D eigenvalue weighted by molar-refractivity contribution is 0.0902. The first kappa shape index (κ1) is 26.5. The number of fused-ring (bicyclic) bond motifs is 1. The van der Waals surface area contributed by atoms with Gasteiger partial charge in [0.1, 0.15) is 0 Å². The van der Waals surface area contributed by atoms with Gasteiger partial charge in [0.15, 0.2) is 11.6 Å². The van der Waals surface area contributed by atoms with Crippen molar-refractivity contribution in [1.82, 2.24) is 20.3 Å². The number of rotatable bonds is 7. The molecule has 3 aromatic rings. The number of anilines is 2. The van der Waals surface area contributed by atoms with Crippen LogP contribution in [0.3, 0.4) is 0 Å². The van der Waals surface area contributed by atoms with Crippen LogP contribution < -0.4 is 20.3 Å². The SMILES string of the molecule is CC(C)(NC(=O)c1cccc(C2CCN(c3nc4c(c(NC5CCOCC5)n3)OCC4)CC2)c1)c1ccncc1. The first-order chi connectivity index (χ1) is 19.5. The number of ether oxygens (including phenoxy) is 2. The molecule has 2 fully saturated rings. The Bertz CT molecular complexity index is 1330. The third-order valence-corrected chi connectivity index (χ3v) is 8.30. The largest absolute Gasteiger partial charge is 0.487 e. The monoisotopic (exact) mass is 542 g/mol. The first-order valence-corrected chi connectivity index (χ1v) is 14.4. The van der Waals surface area contributed by atoms with E-state index in [0.29, 0.717) is 24.1 Å². The molecule has 6 rings (SSSR count). The summed E-state index contributed by atoms with van der Waals surface area (Å²) in [6, 6.07) is 12.3. The van der Waals surface area contributed by atoms with Gasteiger partial charge in [-0.15, -0.1) is 0 Å². The molecular weight excluding hydrogens is 504 g/mol. The second-order valence-corrected chi connectivity index (χ2v) is 11.5. The van der Waals surface area contributed by atoms with Crippen LogP contribution in [0.15, 0.2) is 48.8 Å². The molecule has 2 aromatic heterocycles. The molecule has 3 aliphatic rings. The van der Waals surface area contributed by atoms with E-state index >= 15 is 0 Å². The minimum absolute atomic E-state index is 0.0700. The number of hydrogen-bond acceptors (Lipinski definition) is 8. The molecule has 0 unspecified atom stereocenters. The van der Waals surface area contributed by atoms with E-state index < -0.39 is 5.54 Å². The Morgan fingerprint density at radius 2 is 1.77 bits per heavy atom. The van der Waals surface area contributed by atoms with E-state index in [9.17, 15) is 4.79 Å². The second-order valence-electron chi connectivity index (χ2n) is 11.5. The van der Waals surface area contributed by atoms with Crippen molar-refractivity contribution in [2.45, 2.75) is 63.5 Å². The zero-order valence-corrected chi connectivity index (χ0v) is 23.4. The van der Waals surface area contributed by atoms with Crippen LogP contribution in [0.1, 0.15) is 72.6 Å². The predicted octanol–water partition coefficient (Wildman–Crippen LogP) is 4.45. The number of carbonyl (C=O) groups excluding carboxylic acids is 1. The quantitative estimate of drug-likeness (QED) is 0.452. The third-order valence-electron chi connectivity index (χ3n) is 8.30. The van der Waals surface area contributed by atoms with Gasteiger partial charge >= 0.3 is 0 Å². The van der Waals surface area contributed by atoms with Crippen molar-refractivity contribution in [3.05, 3.63) is 71.2 Å². The molecule has 1 aromatic carbocycles. The number of piperidine rings is 1. The fraction of sp³-hybridized carbons (Fsp3) is 0.484. The molecule has 0 aliphatic carbocycles. The smallest absolute Gasteiger partial charge is 0.251 e. The average molecular weight is 543 g/mol. The zero-order valence-electron chi connectivity index (χ0n) is 23.4. The number of benzene rings is 1. The van der Waals surface area contributed by atoms with E-state index in [0.717, 1.165) is 87.2 Å². The first-order valence-electron chi connectivity index (χ1n) is 14.4. The molecule has 0 spiro atoms. The summed E-state index contributed by atoms with van der Waals surface area (Å²) in [4.78, 5) is 29.4. The maximum atomic E-state index is 13.2. The Hall–Kier alpha value is -3.72. The molecule has 0 saturated carbocycles. The summed E-state index contributed by atoms with van der Waals surface area (Å²) in [5.74, 6) is 2.73. The highest BCUT2D eigenvalue weighted by atomic mass is 16.5. The summed E-state index contributed by atoms with van der Waals surface area (Å²) in [7, 11) is 0. The predicted molar refractivity (Wildman–Crippen MR) is 154 cm³/mol. The molecule has 1 amide bonds.